The molecule has 0 radical (unpaired) electrons. The highest BCUT2D eigenvalue weighted by atomic mass is 32.2. The lowest BCUT2D eigenvalue weighted by Crippen LogP contribution is -2.54. The molecule has 0 saturated carbocycles. The van der Waals surface area contributed by atoms with Gasteiger partial charge in [0, 0.05) is 13.2 Å². The van der Waals surface area contributed by atoms with E-state index in [4.69, 9.17) is 23.7 Å². The summed E-state index contributed by atoms with van der Waals surface area (Å²) in [5, 5.41) is 0. The Bertz CT molecular complexity index is 654. The molecule has 178 valence electrons. The van der Waals surface area contributed by atoms with Crippen LogP contribution in [0.2, 0.25) is 0 Å². The van der Waals surface area contributed by atoms with E-state index in [2.05, 4.69) is 4.18 Å². The number of rotatable bonds is 12. The van der Waals surface area contributed by atoms with Crippen LogP contribution in [-0.4, -0.2) is 70.2 Å². The van der Waals surface area contributed by atoms with Crippen molar-refractivity contribution in [1.82, 2.24) is 0 Å². The molecule has 2 heterocycles. The molecule has 12 heteroatoms. The minimum Gasteiger partial charge on any atom is -0.378 e. The number of ether oxygens (including phenoxy) is 5. The van der Waals surface area contributed by atoms with Crippen molar-refractivity contribution in [2.75, 3.05) is 26.4 Å². The molecule has 8 nitrogen and oxygen atoms in total. The molecule has 4 atom stereocenters. The normalized spacial score (nSPS) is 31.2. The summed E-state index contributed by atoms with van der Waals surface area (Å²) in [6, 6.07) is 0. The van der Waals surface area contributed by atoms with Gasteiger partial charge in [0.25, 0.3) is 0 Å². The first-order valence-corrected chi connectivity index (χ1v) is 11.5. The first-order valence-electron chi connectivity index (χ1n) is 10.1. The third-order valence-electron chi connectivity index (χ3n) is 4.78. The van der Waals surface area contributed by atoms with Crippen molar-refractivity contribution in [3.63, 3.8) is 0 Å². The van der Waals surface area contributed by atoms with E-state index in [1.54, 1.807) is 13.8 Å². The van der Waals surface area contributed by atoms with Gasteiger partial charge >= 0.3 is 15.6 Å². The standard InChI is InChI=1S/C18H31F3O8S/c1-5-7-9-24-11-17(12-26-30(22,23)18(19,20)21)14(25-10-8-6-2)13-15(29-17)28-16(3,4)27-13/h13-15H,5-12H2,1-4H3/t13-,14?,15-,17+/m0/s1. The summed E-state index contributed by atoms with van der Waals surface area (Å²) in [5.41, 5.74) is -7.20. The summed E-state index contributed by atoms with van der Waals surface area (Å²) < 4.78 is 94.6. The van der Waals surface area contributed by atoms with Crippen molar-refractivity contribution >= 4 is 10.1 Å². The first kappa shape index (κ1) is 25.8. The van der Waals surface area contributed by atoms with Crippen molar-refractivity contribution < 1.29 is 49.5 Å². The molecule has 2 saturated heterocycles. The summed E-state index contributed by atoms with van der Waals surface area (Å²) in [7, 11) is -5.83. The fraction of sp³-hybridized carbons (Fsp3) is 1.00. The molecule has 2 aliphatic rings. The van der Waals surface area contributed by atoms with E-state index in [1.807, 2.05) is 13.8 Å². The van der Waals surface area contributed by atoms with Gasteiger partial charge in [-0.25, -0.2) is 0 Å². The summed E-state index contributed by atoms with van der Waals surface area (Å²) in [6.45, 7) is 6.65. The largest absolute Gasteiger partial charge is 0.523 e. The van der Waals surface area contributed by atoms with Crippen LogP contribution in [0.1, 0.15) is 53.4 Å². The van der Waals surface area contributed by atoms with E-state index in [9.17, 15) is 21.6 Å². The monoisotopic (exact) mass is 464 g/mol. The van der Waals surface area contributed by atoms with Crippen molar-refractivity contribution in [3.8, 4) is 0 Å². The van der Waals surface area contributed by atoms with E-state index in [0.717, 1.165) is 12.8 Å². The molecular formula is C18H31F3O8S. The van der Waals surface area contributed by atoms with Gasteiger partial charge in [0.1, 0.15) is 24.4 Å². The van der Waals surface area contributed by atoms with Crippen molar-refractivity contribution in [2.45, 2.75) is 88.8 Å². The lowest BCUT2D eigenvalue weighted by molar-refractivity contribution is -0.258. The van der Waals surface area contributed by atoms with Gasteiger partial charge in [0.15, 0.2) is 12.1 Å². The van der Waals surface area contributed by atoms with Gasteiger partial charge in [-0.1, -0.05) is 26.7 Å². The third kappa shape index (κ3) is 6.05. The summed E-state index contributed by atoms with van der Waals surface area (Å²) in [6.07, 6.45) is 0.389. The van der Waals surface area contributed by atoms with Gasteiger partial charge in [-0.3, -0.25) is 4.18 Å². The number of unbranched alkanes of at least 4 members (excludes halogenated alkanes) is 2. The van der Waals surface area contributed by atoms with Crippen LogP contribution in [0.25, 0.3) is 0 Å². The maximum atomic E-state index is 12.8. The van der Waals surface area contributed by atoms with Crippen LogP contribution in [0.4, 0.5) is 13.2 Å². The van der Waals surface area contributed by atoms with Gasteiger partial charge in [0.05, 0.1) is 6.61 Å². The molecule has 2 aliphatic heterocycles. The van der Waals surface area contributed by atoms with Gasteiger partial charge in [-0.15, -0.1) is 0 Å². The highest BCUT2D eigenvalue weighted by Crippen LogP contribution is 2.44. The van der Waals surface area contributed by atoms with Crippen LogP contribution in [0.15, 0.2) is 0 Å². The number of hydrogen-bond acceptors (Lipinski definition) is 8. The van der Waals surface area contributed by atoms with Crippen LogP contribution >= 0.6 is 0 Å². The summed E-state index contributed by atoms with van der Waals surface area (Å²) in [4.78, 5) is 0. The Morgan fingerprint density at radius 2 is 1.60 bits per heavy atom. The van der Waals surface area contributed by atoms with E-state index >= 15 is 0 Å². The highest BCUT2D eigenvalue weighted by molar-refractivity contribution is 7.87. The molecule has 2 fully saturated rings. The second-order valence-electron chi connectivity index (χ2n) is 7.86. The summed E-state index contributed by atoms with van der Waals surface area (Å²) >= 11 is 0. The Morgan fingerprint density at radius 1 is 0.967 bits per heavy atom. The SMILES string of the molecule is CCCCOC[C@]1(COS(=O)(=O)C(F)(F)F)O[C@@H]2OC(C)(C)O[C@H]2C1OCCCC. The maximum absolute atomic E-state index is 12.8. The topological polar surface area (TPSA) is 89.5 Å². The molecule has 0 amide bonds. The number of halogens is 3. The Morgan fingerprint density at radius 3 is 2.20 bits per heavy atom. The Kier molecular flexibility index (Phi) is 8.56. The predicted octanol–water partition coefficient (Wildman–Crippen LogP) is 3.10. The number of fused-ring (bicyclic) bond motifs is 1. The van der Waals surface area contributed by atoms with Crippen molar-refractivity contribution in [1.29, 1.82) is 0 Å². The average molecular weight is 464 g/mol. The Labute approximate surface area is 175 Å². The minimum absolute atomic E-state index is 0.239. The predicted molar refractivity (Wildman–Crippen MR) is 98.9 cm³/mol. The van der Waals surface area contributed by atoms with E-state index in [0.29, 0.717) is 19.4 Å². The molecule has 1 unspecified atom stereocenters. The lowest BCUT2D eigenvalue weighted by Gasteiger charge is -2.36. The fourth-order valence-electron chi connectivity index (χ4n) is 3.26. The van der Waals surface area contributed by atoms with Crippen LogP contribution in [0.5, 0.6) is 0 Å². The van der Waals surface area contributed by atoms with Gasteiger partial charge in [-0.2, -0.15) is 21.6 Å². The molecule has 0 bridgehead atoms. The Hall–Kier alpha value is -0.500. The molecule has 0 N–H and O–H groups in total. The highest BCUT2D eigenvalue weighted by Gasteiger charge is 2.64. The van der Waals surface area contributed by atoms with Crippen LogP contribution in [0.3, 0.4) is 0 Å². The molecule has 0 spiro atoms. The number of hydrogen-bond donors (Lipinski definition) is 0. The average Bonchev–Trinajstić information content (AvgIpc) is 3.06. The first-order chi connectivity index (χ1) is 13.9. The van der Waals surface area contributed by atoms with Crippen LogP contribution in [0, 0.1) is 0 Å². The summed E-state index contributed by atoms with van der Waals surface area (Å²) in [5.74, 6) is -0.990. The van der Waals surface area contributed by atoms with E-state index < -0.39 is 52.1 Å². The minimum atomic E-state index is -5.83. The lowest BCUT2D eigenvalue weighted by atomic mass is 9.96. The molecule has 0 aromatic heterocycles. The Balaban J connectivity index is 2.26. The maximum Gasteiger partial charge on any atom is 0.523 e. The second kappa shape index (κ2) is 9.97. The fourth-order valence-corrected chi connectivity index (χ4v) is 3.75. The zero-order valence-corrected chi connectivity index (χ0v) is 18.5. The van der Waals surface area contributed by atoms with Crippen molar-refractivity contribution in [3.05, 3.63) is 0 Å². The molecule has 0 aliphatic carbocycles. The van der Waals surface area contributed by atoms with Crippen molar-refractivity contribution in [2.24, 2.45) is 0 Å². The zero-order valence-electron chi connectivity index (χ0n) is 17.7. The van der Waals surface area contributed by atoms with Gasteiger partial charge in [0.2, 0.25) is 0 Å². The van der Waals surface area contributed by atoms with Gasteiger partial charge < -0.3 is 23.7 Å². The second-order valence-corrected chi connectivity index (χ2v) is 9.47. The third-order valence-corrected chi connectivity index (χ3v) is 5.78. The molecule has 0 aromatic carbocycles. The van der Waals surface area contributed by atoms with E-state index in [1.165, 1.54) is 0 Å². The van der Waals surface area contributed by atoms with Gasteiger partial charge in [-0.05, 0) is 26.7 Å². The molecule has 0 aromatic rings. The van der Waals surface area contributed by atoms with Crippen LogP contribution in [-0.2, 0) is 38.0 Å². The quantitative estimate of drug-likeness (QED) is 0.247. The smallest absolute Gasteiger partial charge is 0.378 e. The molecule has 2 rings (SSSR count). The zero-order chi connectivity index (χ0) is 22.6. The van der Waals surface area contributed by atoms with Crippen LogP contribution < -0.4 is 0 Å². The van der Waals surface area contributed by atoms with E-state index in [-0.39, 0.29) is 13.2 Å². The molecular weight excluding hydrogens is 433 g/mol. The molecule has 30 heavy (non-hydrogen) atoms. The number of alkyl halides is 3.